The number of fused-ring (bicyclic) bond motifs is 1. The van der Waals surface area contributed by atoms with Gasteiger partial charge in [0.15, 0.2) is 0 Å². The summed E-state index contributed by atoms with van der Waals surface area (Å²) in [5.41, 5.74) is 4.49. The van der Waals surface area contributed by atoms with Gasteiger partial charge in [0.05, 0.1) is 16.6 Å². The fraction of sp³-hybridized carbons (Fsp3) is 0.414. The zero-order chi connectivity index (χ0) is 28.6. The number of sulfonamides is 1. The van der Waals surface area contributed by atoms with Crippen LogP contribution in [0.5, 0.6) is 0 Å². The summed E-state index contributed by atoms with van der Waals surface area (Å²) in [6.45, 7) is 5.35. The van der Waals surface area contributed by atoms with Gasteiger partial charge in [-0.15, -0.1) is 5.10 Å². The summed E-state index contributed by atoms with van der Waals surface area (Å²) in [6.07, 6.45) is 7.67. The molecule has 10 nitrogen and oxygen atoms in total. The Morgan fingerprint density at radius 3 is 2.63 bits per heavy atom. The van der Waals surface area contributed by atoms with Gasteiger partial charge in [0.2, 0.25) is 5.91 Å². The fourth-order valence-electron chi connectivity index (χ4n) is 5.90. The van der Waals surface area contributed by atoms with Crippen LogP contribution in [0.25, 0.3) is 0 Å². The van der Waals surface area contributed by atoms with Crippen LogP contribution in [0.3, 0.4) is 0 Å². The van der Waals surface area contributed by atoms with Crippen molar-refractivity contribution in [1.82, 2.24) is 34.4 Å². The Labute approximate surface area is 245 Å². The lowest BCUT2D eigenvalue weighted by Crippen LogP contribution is -2.50. The summed E-state index contributed by atoms with van der Waals surface area (Å²) < 4.78 is 29.8. The van der Waals surface area contributed by atoms with E-state index in [0.717, 1.165) is 56.3 Å². The normalized spacial score (nSPS) is 22.0. The molecule has 6 rings (SSSR count). The van der Waals surface area contributed by atoms with Crippen LogP contribution in [0.4, 0.5) is 0 Å². The van der Waals surface area contributed by atoms with Crippen LogP contribution in [0.2, 0.25) is 5.02 Å². The quantitative estimate of drug-likeness (QED) is 0.448. The SMILES string of the molecule is CN1CCN(Cc2ccc3c(c2)CCC[C@@H]3n2cc(C[C@@H]3C(=O)NC=CN3S(=O)(=O)c3ccc(Cl)cc3)nn2)CC1. The van der Waals surface area contributed by atoms with Gasteiger partial charge >= 0.3 is 0 Å². The first-order valence-corrected chi connectivity index (χ1v) is 15.8. The Balaban J connectivity index is 1.19. The molecule has 0 saturated carbocycles. The molecule has 2 atom stereocenters. The number of hydrogen-bond donors (Lipinski definition) is 1. The molecule has 3 heterocycles. The number of aromatic nitrogens is 3. The second-order valence-electron chi connectivity index (χ2n) is 11.0. The van der Waals surface area contributed by atoms with Crippen molar-refractivity contribution < 1.29 is 13.2 Å². The van der Waals surface area contributed by atoms with Gasteiger partial charge in [-0.2, -0.15) is 0 Å². The lowest BCUT2D eigenvalue weighted by atomic mass is 9.86. The van der Waals surface area contributed by atoms with E-state index in [1.54, 1.807) is 0 Å². The minimum Gasteiger partial charge on any atom is -0.329 e. The molecule has 2 aromatic carbocycles. The molecule has 0 unspecified atom stereocenters. The molecule has 3 aromatic rings. The van der Waals surface area contributed by atoms with Gasteiger partial charge in [-0.25, -0.2) is 13.1 Å². The average molecular weight is 596 g/mol. The molecule has 2 aliphatic heterocycles. The maximum atomic E-state index is 13.4. The predicted octanol–water partition coefficient (Wildman–Crippen LogP) is 2.81. The van der Waals surface area contributed by atoms with Gasteiger partial charge in [0.25, 0.3) is 10.0 Å². The largest absolute Gasteiger partial charge is 0.329 e. The third-order valence-electron chi connectivity index (χ3n) is 8.22. The molecule has 0 bridgehead atoms. The Morgan fingerprint density at radius 1 is 1.07 bits per heavy atom. The van der Waals surface area contributed by atoms with Gasteiger partial charge in [0.1, 0.15) is 6.04 Å². The maximum Gasteiger partial charge on any atom is 0.264 e. The second kappa shape index (κ2) is 11.6. The van der Waals surface area contributed by atoms with E-state index in [1.807, 2.05) is 10.9 Å². The van der Waals surface area contributed by atoms with Crippen molar-refractivity contribution in [3.63, 3.8) is 0 Å². The molecular weight excluding hydrogens is 562 g/mol. The number of hydrogen-bond acceptors (Lipinski definition) is 7. The van der Waals surface area contributed by atoms with Crippen molar-refractivity contribution in [2.75, 3.05) is 33.2 Å². The van der Waals surface area contributed by atoms with Gasteiger partial charge in [-0.3, -0.25) is 14.0 Å². The summed E-state index contributed by atoms with van der Waals surface area (Å²) >= 11 is 5.95. The lowest BCUT2D eigenvalue weighted by Gasteiger charge is -2.33. The molecule has 1 aliphatic carbocycles. The lowest BCUT2D eigenvalue weighted by molar-refractivity contribution is -0.124. The summed E-state index contributed by atoms with van der Waals surface area (Å²) in [7, 11) is -1.81. The van der Waals surface area contributed by atoms with Gasteiger partial charge < -0.3 is 10.2 Å². The van der Waals surface area contributed by atoms with Crippen LogP contribution in [0.1, 0.15) is 41.3 Å². The first kappa shape index (κ1) is 27.9. The number of nitrogens with one attached hydrogen (secondary N) is 1. The Bertz CT molecular complexity index is 1550. The highest BCUT2D eigenvalue weighted by atomic mass is 35.5. The standard InChI is InChI=1S/C29H34ClN7O3S/c1-34-13-15-35(16-14-34)19-21-5-10-26-22(17-21)3-2-4-27(26)36-20-24(32-33-36)18-28-29(38)31-11-12-37(28)41(39,40)25-8-6-23(30)7-9-25/h5-12,17,20,27-28H,2-4,13-16,18-19H2,1H3,(H,31,38)/t27-,28+/m0/s1. The van der Waals surface area contributed by atoms with E-state index in [1.165, 1.54) is 53.4 Å². The maximum absolute atomic E-state index is 13.4. The predicted molar refractivity (Wildman–Crippen MR) is 156 cm³/mol. The van der Waals surface area contributed by atoms with E-state index in [9.17, 15) is 13.2 Å². The molecule has 0 radical (unpaired) electrons. The first-order chi connectivity index (χ1) is 19.8. The minimum absolute atomic E-state index is 0.0478. The highest BCUT2D eigenvalue weighted by molar-refractivity contribution is 7.89. The second-order valence-corrected chi connectivity index (χ2v) is 13.3. The highest BCUT2D eigenvalue weighted by Crippen LogP contribution is 2.33. The zero-order valence-electron chi connectivity index (χ0n) is 23.0. The molecule has 1 saturated heterocycles. The molecule has 0 spiro atoms. The molecular formula is C29H34ClN7O3S. The van der Waals surface area contributed by atoms with E-state index in [2.05, 4.69) is 50.7 Å². The van der Waals surface area contributed by atoms with Crippen LogP contribution in [0, 0.1) is 0 Å². The fourth-order valence-corrected chi connectivity index (χ4v) is 7.48. The number of carbonyl (C=O) groups excluding carboxylic acids is 1. The van der Waals surface area contributed by atoms with E-state index in [4.69, 9.17) is 11.6 Å². The molecule has 12 heteroatoms. The summed E-state index contributed by atoms with van der Waals surface area (Å²) in [5, 5.41) is 11.8. The number of benzene rings is 2. The average Bonchev–Trinajstić information content (AvgIpc) is 3.43. The molecule has 3 aliphatic rings. The van der Waals surface area contributed by atoms with Crippen molar-refractivity contribution in [3.8, 4) is 0 Å². The van der Waals surface area contributed by atoms with Crippen LogP contribution in [-0.2, 0) is 34.2 Å². The van der Waals surface area contributed by atoms with E-state index in [-0.39, 0.29) is 17.4 Å². The van der Waals surface area contributed by atoms with Crippen LogP contribution < -0.4 is 5.32 Å². The Morgan fingerprint density at radius 2 is 1.85 bits per heavy atom. The number of piperazine rings is 1. The summed E-state index contributed by atoms with van der Waals surface area (Å²) in [4.78, 5) is 17.8. The number of amides is 1. The summed E-state index contributed by atoms with van der Waals surface area (Å²) in [5.74, 6) is -0.421. The number of aryl methyl sites for hydroxylation is 1. The summed E-state index contributed by atoms with van der Waals surface area (Å²) in [6, 6.07) is 11.7. The van der Waals surface area contributed by atoms with Crippen molar-refractivity contribution in [2.24, 2.45) is 0 Å². The minimum atomic E-state index is -3.99. The zero-order valence-corrected chi connectivity index (χ0v) is 24.6. The molecule has 41 heavy (non-hydrogen) atoms. The number of likely N-dealkylation sites (N-methyl/N-ethyl adjacent to an activating group) is 1. The molecule has 216 valence electrons. The van der Waals surface area contributed by atoms with Crippen molar-refractivity contribution in [1.29, 1.82) is 0 Å². The highest BCUT2D eigenvalue weighted by Gasteiger charge is 2.36. The van der Waals surface area contributed by atoms with Gasteiger partial charge in [-0.1, -0.05) is 35.0 Å². The molecule has 1 aromatic heterocycles. The van der Waals surface area contributed by atoms with Crippen LogP contribution in [0.15, 0.2) is 66.0 Å². The van der Waals surface area contributed by atoms with E-state index in [0.29, 0.717) is 10.7 Å². The van der Waals surface area contributed by atoms with Crippen molar-refractivity contribution >= 4 is 27.5 Å². The number of halogens is 1. The Kier molecular flexibility index (Phi) is 7.86. The number of nitrogens with zero attached hydrogens (tertiary/aromatic N) is 6. The monoisotopic (exact) mass is 595 g/mol. The van der Waals surface area contributed by atoms with Gasteiger partial charge in [0, 0.05) is 62.8 Å². The third-order valence-corrected chi connectivity index (χ3v) is 10.3. The number of carbonyl (C=O) groups is 1. The molecule has 1 amide bonds. The van der Waals surface area contributed by atoms with E-state index >= 15 is 0 Å². The first-order valence-electron chi connectivity index (χ1n) is 14.0. The van der Waals surface area contributed by atoms with Crippen LogP contribution >= 0.6 is 11.6 Å². The topological polar surface area (TPSA) is 104 Å². The van der Waals surface area contributed by atoms with Crippen molar-refractivity contribution in [3.05, 3.63) is 88.5 Å². The molecule has 1 fully saturated rings. The van der Waals surface area contributed by atoms with Gasteiger partial charge in [-0.05, 0) is 67.3 Å². The molecule has 1 N–H and O–H groups in total. The Hall–Kier alpha value is -3.25. The van der Waals surface area contributed by atoms with E-state index < -0.39 is 22.0 Å². The smallest absolute Gasteiger partial charge is 0.264 e. The van der Waals surface area contributed by atoms with Crippen molar-refractivity contribution in [2.45, 2.75) is 49.2 Å². The third kappa shape index (κ3) is 5.90. The number of rotatable bonds is 7. The van der Waals surface area contributed by atoms with Crippen LogP contribution in [-0.4, -0.2) is 82.7 Å².